The monoisotopic (exact) mass is 901 g/mol. The highest BCUT2D eigenvalue weighted by molar-refractivity contribution is 8.00. The lowest BCUT2D eigenvalue weighted by Crippen LogP contribution is -2.36. The Hall–Kier alpha value is -5.05. The second-order valence-corrected chi connectivity index (χ2v) is 17.7. The summed E-state index contributed by atoms with van der Waals surface area (Å²) >= 11 is 4.55. The molecule has 2 unspecified atom stereocenters. The molecule has 0 radical (unpaired) electrons. The van der Waals surface area contributed by atoms with Gasteiger partial charge in [-0.2, -0.15) is 16.4 Å². The van der Waals surface area contributed by atoms with Crippen LogP contribution in [-0.2, 0) is 19.0 Å². The molecule has 5 heterocycles. The van der Waals surface area contributed by atoms with Crippen molar-refractivity contribution in [1.82, 2.24) is 35.7 Å². The number of Topliss-reactive ketones (excluding diaryl/α,β-unsaturated/α-hetero) is 1. The third kappa shape index (κ3) is 12.8. The van der Waals surface area contributed by atoms with Crippen LogP contribution >= 0.6 is 34.4 Å². The van der Waals surface area contributed by atoms with Gasteiger partial charge in [-0.3, -0.25) is 19.5 Å². The lowest BCUT2D eigenvalue weighted by Gasteiger charge is -2.16. The topological polar surface area (TPSA) is 203 Å². The summed E-state index contributed by atoms with van der Waals surface area (Å²) in [4.78, 5) is 59.0. The number of azo groups is 1. The van der Waals surface area contributed by atoms with E-state index in [1.54, 1.807) is 23.7 Å². The number of unbranched alkanes of at least 4 members (excludes halogenated alkanes) is 2. The molecule has 2 saturated heterocycles. The molecule has 62 heavy (non-hydrogen) atoms. The van der Waals surface area contributed by atoms with Gasteiger partial charge in [0.2, 0.25) is 10.3 Å². The van der Waals surface area contributed by atoms with Crippen molar-refractivity contribution < 1.29 is 28.6 Å². The van der Waals surface area contributed by atoms with Crippen molar-refractivity contribution in [3.8, 4) is 27.6 Å². The van der Waals surface area contributed by atoms with E-state index >= 15 is 0 Å². The molecule has 3 amide bonds. The molecule has 16 nitrogen and oxygen atoms in total. The Balaban J connectivity index is 0.711. The molecule has 2 aliphatic rings. The van der Waals surface area contributed by atoms with Crippen LogP contribution in [0.5, 0.6) is 0 Å². The van der Waals surface area contributed by atoms with E-state index < -0.39 is 0 Å². The van der Waals surface area contributed by atoms with Crippen LogP contribution in [0.1, 0.15) is 61.7 Å². The number of aromatic amines is 1. The molecule has 328 valence electrons. The lowest BCUT2D eigenvalue weighted by molar-refractivity contribution is -0.119. The number of fused-ring (bicyclic) bond motifs is 1. The van der Waals surface area contributed by atoms with E-state index in [4.69, 9.17) is 19.2 Å². The normalized spacial score (nSPS) is 17.0. The first-order valence-corrected chi connectivity index (χ1v) is 23.7. The number of amides is 3. The second kappa shape index (κ2) is 23.4. The number of thioether (sulfide) groups is 1. The highest BCUT2D eigenvalue weighted by Crippen LogP contribution is 2.34. The Kier molecular flexibility index (Phi) is 17.0. The number of nitrogens with zero attached hydrogens (tertiary/aromatic N) is 5. The van der Waals surface area contributed by atoms with Crippen LogP contribution in [0.4, 0.5) is 15.6 Å². The third-order valence-electron chi connectivity index (χ3n) is 10.3. The van der Waals surface area contributed by atoms with Crippen LogP contribution in [0.25, 0.3) is 27.6 Å². The maximum Gasteiger partial charge on any atom is 0.315 e. The predicted molar refractivity (Wildman–Crippen MR) is 241 cm³/mol. The zero-order chi connectivity index (χ0) is 42.9. The molecule has 0 spiro atoms. The molecule has 0 bridgehead atoms. The molecule has 2 aromatic carbocycles. The van der Waals surface area contributed by atoms with Crippen molar-refractivity contribution in [1.29, 1.82) is 0 Å². The number of ketones is 1. The number of nitrogens with one attached hydrogen (secondary N) is 4. The first kappa shape index (κ1) is 45.0. The molecule has 19 heteroatoms. The van der Waals surface area contributed by atoms with E-state index in [2.05, 4.69) is 36.3 Å². The van der Waals surface area contributed by atoms with Crippen molar-refractivity contribution >= 4 is 63.0 Å². The van der Waals surface area contributed by atoms with E-state index in [0.717, 1.165) is 49.0 Å². The van der Waals surface area contributed by atoms with Gasteiger partial charge in [-0.25, -0.2) is 14.8 Å². The number of carbonyl (C=O) groups is 3. The number of ether oxygens (including phenoxy) is 3. The summed E-state index contributed by atoms with van der Waals surface area (Å²) in [6.07, 6.45) is 8.14. The molecule has 0 aliphatic carbocycles. The molecular formula is C43H51N9O7S3. The smallest absolute Gasteiger partial charge is 0.315 e. The number of hydrogen-bond donors (Lipinski definition) is 4. The maximum atomic E-state index is 13.6. The second-order valence-electron chi connectivity index (χ2n) is 14.8. The fourth-order valence-electron chi connectivity index (χ4n) is 7.09. The number of carbonyl (C=O) groups excluding carboxylic acids is 3. The number of urea groups is 1. The Labute approximate surface area is 371 Å². The summed E-state index contributed by atoms with van der Waals surface area (Å²) in [7, 11) is 0. The van der Waals surface area contributed by atoms with Gasteiger partial charge in [0.05, 0.1) is 49.9 Å². The molecule has 5 aromatic rings. The Morgan fingerprint density at radius 3 is 2.32 bits per heavy atom. The first-order chi connectivity index (χ1) is 30.4. The van der Waals surface area contributed by atoms with E-state index in [1.807, 2.05) is 59.6 Å². The average Bonchev–Trinajstić information content (AvgIpc) is 4.15. The molecule has 7 rings (SSSR count). The summed E-state index contributed by atoms with van der Waals surface area (Å²) < 4.78 is 18.2. The van der Waals surface area contributed by atoms with Gasteiger partial charge in [0, 0.05) is 77.3 Å². The van der Waals surface area contributed by atoms with Crippen molar-refractivity contribution in [3.05, 3.63) is 87.5 Å². The number of thiazole rings is 2. The third-order valence-corrected chi connectivity index (χ3v) is 13.3. The molecule has 4 N–H and O–H groups in total. The fraction of sp³-hybridized carbons (Fsp3) is 0.442. The molecular weight excluding hydrogens is 851 g/mol. The SMILES string of the molecule is O=C(CCCCOCCOCCOCCCNC(=O)c1ccc(-c2csc(-n3[nH]c(-c4ccccc4)c(N=Nc4nccs4)c3=O)n2)cc1)CCCC[C@H]1SCC2NC(=O)NC21. The maximum absolute atomic E-state index is 13.6. The molecule has 3 aromatic heterocycles. The number of benzene rings is 2. The molecule has 0 saturated carbocycles. The zero-order valence-electron chi connectivity index (χ0n) is 34.3. The van der Waals surface area contributed by atoms with Crippen LogP contribution < -0.4 is 21.5 Å². The standard InChI is InChI=1S/C43H51N9O7S3/c53-32(11-4-5-13-35-37-34(28-61-35)46-41(56)48-37)12-6-7-20-57-22-24-59-25-23-58-21-8-18-44-39(54)31-16-14-29(15-17-31)33-27-62-43(47-33)52-40(55)38(49-50-42-45-19-26-60-42)36(51-52)30-9-2-1-3-10-30/h1-3,9-10,14-17,19,26-27,34-35,37,51H,4-8,11-13,18,20-25,28H2,(H,44,54)(H2,46,48,56)/t34?,35-,37?/m1/s1. The Morgan fingerprint density at radius 1 is 0.823 bits per heavy atom. The Morgan fingerprint density at radius 2 is 1.56 bits per heavy atom. The predicted octanol–water partition coefficient (Wildman–Crippen LogP) is 7.46. The van der Waals surface area contributed by atoms with E-state index in [0.29, 0.717) is 104 Å². The number of rotatable bonds is 26. The minimum absolute atomic E-state index is 0.0553. The number of hydrogen-bond acceptors (Lipinski definition) is 14. The summed E-state index contributed by atoms with van der Waals surface area (Å²) in [5, 5.41) is 25.5. The summed E-state index contributed by atoms with van der Waals surface area (Å²) in [5.41, 5.74) is 3.06. The van der Waals surface area contributed by atoms with Crippen molar-refractivity contribution in [2.24, 2.45) is 10.2 Å². The summed E-state index contributed by atoms with van der Waals surface area (Å²) in [6.45, 7) is 3.46. The molecule has 2 aliphatic heterocycles. The highest BCUT2D eigenvalue weighted by Gasteiger charge is 2.42. The van der Waals surface area contributed by atoms with Gasteiger partial charge in [-0.1, -0.05) is 48.9 Å². The fourth-order valence-corrected chi connectivity index (χ4v) is 9.88. The van der Waals surface area contributed by atoms with Gasteiger partial charge in [0.15, 0.2) is 5.69 Å². The zero-order valence-corrected chi connectivity index (χ0v) is 36.7. The van der Waals surface area contributed by atoms with Crippen molar-refractivity contribution in [2.45, 2.75) is 68.7 Å². The lowest BCUT2D eigenvalue weighted by atomic mass is 10.0. The van der Waals surface area contributed by atoms with Crippen LogP contribution in [0.2, 0.25) is 0 Å². The van der Waals surface area contributed by atoms with Crippen molar-refractivity contribution in [2.75, 3.05) is 51.9 Å². The van der Waals surface area contributed by atoms with E-state index in [9.17, 15) is 19.2 Å². The van der Waals surface area contributed by atoms with Gasteiger partial charge in [-0.15, -0.1) is 32.9 Å². The summed E-state index contributed by atoms with van der Waals surface area (Å²) in [5.74, 6) is 1.10. The minimum Gasteiger partial charge on any atom is -0.379 e. The van der Waals surface area contributed by atoms with Gasteiger partial charge < -0.3 is 30.2 Å². The molecule has 2 fully saturated rings. The average molecular weight is 902 g/mol. The van der Waals surface area contributed by atoms with Gasteiger partial charge in [0.25, 0.3) is 5.91 Å². The largest absolute Gasteiger partial charge is 0.379 e. The van der Waals surface area contributed by atoms with Gasteiger partial charge >= 0.3 is 11.6 Å². The number of H-pyrrole nitrogens is 1. The van der Waals surface area contributed by atoms with Crippen LogP contribution in [-0.4, -0.2) is 107 Å². The minimum atomic E-state index is -0.386. The summed E-state index contributed by atoms with van der Waals surface area (Å²) in [6, 6.07) is 17.0. The quantitative estimate of drug-likeness (QED) is 0.0245. The van der Waals surface area contributed by atoms with Crippen LogP contribution in [0, 0.1) is 0 Å². The van der Waals surface area contributed by atoms with Crippen LogP contribution in [0.3, 0.4) is 0 Å². The first-order valence-electron chi connectivity index (χ1n) is 20.9. The van der Waals surface area contributed by atoms with E-state index in [1.165, 1.54) is 27.4 Å². The van der Waals surface area contributed by atoms with Crippen LogP contribution in [0.15, 0.2) is 86.6 Å². The van der Waals surface area contributed by atoms with E-state index in [-0.39, 0.29) is 35.3 Å². The van der Waals surface area contributed by atoms with Gasteiger partial charge in [-0.05, 0) is 44.2 Å². The molecule has 3 atom stereocenters. The van der Waals surface area contributed by atoms with Crippen molar-refractivity contribution in [3.63, 3.8) is 0 Å². The Bertz CT molecular complexity index is 2280. The highest BCUT2D eigenvalue weighted by atomic mass is 32.2. The number of aromatic nitrogens is 4. The van der Waals surface area contributed by atoms with Gasteiger partial charge in [0.1, 0.15) is 5.78 Å².